The van der Waals surface area contributed by atoms with Gasteiger partial charge in [-0.25, -0.2) is 18.1 Å². The van der Waals surface area contributed by atoms with Crippen LogP contribution in [0.2, 0.25) is 0 Å². The molecule has 0 saturated carbocycles. The Kier molecular flexibility index (Phi) is 4.19. The third-order valence-corrected chi connectivity index (χ3v) is 5.69. The average molecular weight is 403 g/mol. The molecule has 2 aromatic carbocycles. The van der Waals surface area contributed by atoms with E-state index in [1.165, 1.54) is 12.1 Å². The lowest BCUT2D eigenvalue weighted by Crippen LogP contribution is -2.43. The largest absolute Gasteiger partial charge is 0.497 e. The summed E-state index contributed by atoms with van der Waals surface area (Å²) in [5.41, 5.74) is -2.64. The molecule has 0 atom stereocenters. The second kappa shape index (κ2) is 6.17. The van der Waals surface area contributed by atoms with E-state index in [-0.39, 0.29) is 16.6 Å². The first-order valence-corrected chi connectivity index (χ1v) is 8.97. The summed E-state index contributed by atoms with van der Waals surface area (Å²) in [5.74, 6) is -6.62. The van der Waals surface area contributed by atoms with Crippen LogP contribution in [0.1, 0.15) is 48.4 Å². The van der Waals surface area contributed by atoms with E-state index in [9.17, 15) is 22.8 Å². The van der Waals surface area contributed by atoms with Crippen molar-refractivity contribution in [3.63, 3.8) is 0 Å². The van der Waals surface area contributed by atoms with Gasteiger partial charge in [0.25, 0.3) is 11.8 Å². The molecule has 0 radical (unpaired) electrons. The first-order valence-electron chi connectivity index (χ1n) is 8.97. The van der Waals surface area contributed by atoms with E-state index in [0.717, 1.165) is 0 Å². The zero-order valence-electron chi connectivity index (χ0n) is 16.2. The van der Waals surface area contributed by atoms with Gasteiger partial charge in [-0.1, -0.05) is 12.1 Å². The third kappa shape index (κ3) is 2.72. The quantitative estimate of drug-likeness (QED) is 0.439. The number of carbonyl (C=O) groups excluding carboxylic acids is 2. The van der Waals surface area contributed by atoms with E-state index >= 15 is 0 Å². The lowest BCUT2D eigenvalue weighted by molar-refractivity contribution is 0.00578. The Morgan fingerprint density at radius 2 is 1.34 bits per heavy atom. The van der Waals surface area contributed by atoms with Crippen LogP contribution in [0.15, 0.2) is 30.3 Å². The lowest BCUT2D eigenvalue weighted by atomic mass is 9.77. The predicted molar refractivity (Wildman–Crippen MR) is 99.6 cm³/mol. The summed E-state index contributed by atoms with van der Waals surface area (Å²) in [7, 11) is -1.32. The van der Waals surface area contributed by atoms with Gasteiger partial charge in [0.1, 0.15) is 0 Å². The number of nitrogens with zero attached hydrogens (tertiary/aromatic N) is 1. The first kappa shape index (κ1) is 19.7. The molecule has 2 amide bonds. The molecule has 0 spiro atoms. The van der Waals surface area contributed by atoms with Gasteiger partial charge in [0.05, 0.1) is 28.0 Å². The summed E-state index contributed by atoms with van der Waals surface area (Å²) in [4.78, 5) is 26.1. The molecule has 0 aliphatic carbocycles. The van der Waals surface area contributed by atoms with Crippen molar-refractivity contribution in [2.24, 2.45) is 0 Å². The van der Waals surface area contributed by atoms with Gasteiger partial charge in [-0.15, -0.1) is 0 Å². The van der Waals surface area contributed by atoms with Crippen molar-refractivity contribution in [2.75, 3.05) is 4.90 Å². The van der Waals surface area contributed by atoms with Crippen LogP contribution in [0, 0.1) is 17.5 Å². The summed E-state index contributed by atoms with van der Waals surface area (Å²) in [6.45, 7) is 6.91. The Hall–Kier alpha value is -2.65. The summed E-state index contributed by atoms with van der Waals surface area (Å²) < 4.78 is 54.8. The Morgan fingerprint density at radius 3 is 1.83 bits per heavy atom. The predicted octanol–water partition coefficient (Wildman–Crippen LogP) is 3.20. The summed E-state index contributed by atoms with van der Waals surface area (Å²) in [5, 5.41) is 0. The number of halogens is 3. The summed E-state index contributed by atoms with van der Waals surface area (Å²) in [6.07, 6.45) is 0. The fourth-order valence-corrected chi connectivity index (χ4v) is 3.37. The Morgan fingerprint density at radius 1 is 0.862 bits per heavy atom. The number of hydrogen-bond acceptors (Lipinski definition) is 4. The van der Waals surface area contributed by atoms with Crippen molar-refractivity contribution in [1.82, 2.24) is 0 Å². The van der Waals surface area contributed by atoms with Crippen LogP contribution >= 0.6 is 0 Å². The highest BCUT2D eigenvalue weighted by Crippen LogP contribution is 2.39. The van der Waals surface area contributed by atoms with Crippen LogP contribution in [-0.4, -0.2) is 30.1 Å². The fraction of sp³-hybridized carbons (Fsp3) is 0.300. The van der Waals surface area contributed by atoms with Gasteiger partial charge in [-0.3, -0.25) is 9.59 Å². The highest BCUT2D eigenvalue weighted by Gasteiger charge is 2.54. The molecule has 0 bridgehead atoms. The van der Waals surface area contributed by atoms with Crippen LogP contribution in [0.3, 0.4) is 0 Å². The fourth-order valence-electron chi connectivity index (χ4n) is 3.37. The van der Waals surface area contributed by atoms with Gasteiger partial charge >= 0.3 is 7.12 Å². The molecular weight excluding hydrogens is 386 g/mol. The maximum Gasteiger partial charge on any atom is 0.497 e. The number of benzene rings is 2. The summed E-state index contributed by atoms with van der Waals surface area (Å²) in [6, 6.07) is 6.59. The SMILES string of the molecule is CC1(C)OB(c2cc(F)c(F)c(F)c2N2C(=O)c3ccccc3C2=O)OC1(C)C. The number of fused-ring (bicyclic) bond motifs is 1. The molecular formula is C20H17BF3NO4. The average Bonchev–Trinajstić information content (AvgIpc) is 3.03. The molecule has 4 rings (SSSR count). The Bertz CT molecular complexity index is 1020. The van der Waals surface area contributed by atoms with E-state index in [1.54, 1.807) is 39.8 Å². The first-order chi connectivity index (χ1) is 13.5. The number of amides is 2. The number of rotatable bonds is 2. The molecule has 2 aromatic rings. The molecule has 2 heterocycles. The van der Waals surface area contributed by atoms with Crippen molar-refractivity contribution < 1.29 is 32.1 Å². The highest BCUT2D eigenvalue weighted by atomic mass is 19.2. The van der Waals surface area contributed by atoms with Gasteiger partial charge in [-0.2, -0.15) is 0 Å². The zero-order valence-corrected chi connectivity index (χ0v) is 16.2. The minimum atomic E-state index is -1.79. The smallest absolute Gasteiger partial charge is 0.399 e. The number of carbonyl (C=O) groups is 2. The van der Waals surface area contributed by atoms with E-state index in [2.05, 4.69) is 0 Å². The molecule has 0 unspecified atom stereocenters. The molecule has 0 N–H and O–H groups in total. The van der Waals surface area contributed by atoms with Crippen LogP contribution in [0.5, 0.6) is 0 Å². The molecule has 1 saturated heterocycles. The molecule has 1 fully saturated rings. The lowest BCUT2D eigenvalue weighted by Gasteiger charge is -2.32. The van der Waals surface area contributed by atoms with Gasteiger partial charge in [0, 0.05) is 5.46 Å². The van der Waals surface area contributed by atoms with Gasteiger partial charge in [0.2, 0.25) is 0 Å². The second-order valence-corrected chi connectivity index (χ2v) is 8.00. The highest BCUT2D eigenvalue weighted by molar-refractivity contribution is 6.64. The van der Waals surface area contributed by atoms with Crippen molar-refractivity contribution in [3.05, 3.63) is 58.9 Å². The molecule has 0 aromatic heterocycles. The van der Waals surface area contributed by atoms with Crippen LogP contribution in [-0.2, 0) is 9.31 Å². The maximum absolute atomic E-state index is 14.9. The topological polar surface area (TPSA) is 55.8 Å². The van der Waals surface area contributed by atoms with Crippen molar-refractivity contribution >= 4 is 30.1 Å². The van der Waals surface area contributed by atoms with Crippen molar-refractivity contribution in [1.29, 1.82) is 0 Å². The maximum atomic E-state index is 14.9. The second-order valence-electron chi connectivity index (χ2n) is 8.00. The standard InChI is InChI=1S/C20H17BF3NO4/c1-19(2)20(3,4)29-21(28-19)12-9-13(22)14(23)15(24)16(12)25-17(26)10-7-5-6-8-11(10)18(25)27/h5-9H,1-4H3. The van der Waals surface area contributed by atoms with Crippen LogP contribution in [0.25, 0.3) is 0 Å². The number of imide groups is 1. The van der Waals surface area contributed by atoms with E-state index in [0.29, 0.717) is 11.0 Å². The Labute approximate surface area is 165 Å². The summed E-state index contributed by atoms with van der Waals surface area (Å²) >= 11 is 0. The van der Waals surface area contributed by atoms with Crippen molar-refractivity contribution in [3.8, 4) is 0 Å². The van der Waals surface area contributed by atoms with E-state index in [1.807, 2.05) is 0 Å². The van der Waals surface area contributed by atoms with Gasteiger partial charge in [0.15, 0.2) is 17.5 Å². The number of hydrogen-bond donors (Lipinski definition) is 0. The minimum absolute atomic E-state index is 0.0431. The van der Waals surface area contributed by atoms with E-state index in [4.69, 9.17) is 9.31 Å². The van der Waals surface area contributed by atoms with Crippen molar-refractivity contribution in [2.45, 2.75) is 38.9 Å². The minimum Gasteiger partial charge on any atom is -0.399 e. The van der Waals surface area contributed by atoms with Gasteiger partial charge in [-0.05, 0) is 45.9 Å². The molecule has 2 aliphatic heterocycles. The molecule has 2 aliphatic rings. The van der Waals surface area contributed by atoms with E-state index < -0.39 is 53.3 Å². The normalized spacial score (nSPS) is 19.8. The molecule has 29 heavy (non-hydrogen) atoms. The molecule has 5 nitrogen and oxygen atoms in total. The molecule has 150 valence electrons. The zero-order chi connectivity index (χ0) is 21.3. The van der Waals surface area contributed by atoms with Gasteiger partial charge < -0.3 is 9.31 Å². The van der Waals surface area contributed by atoms with Crippen LogP contribution in [0.4, 0.5) is 18.9 Å². The number of anilines is 1. The van der Waals surface area contributed by atoms with Crippen LogP contribution < -0.4 is 10.4 Å². The molecule has 9 heteroatoms. The Balaban J connectivity index is 1.91. The third-order valence-electron chi connectivity index (χ3n) is 5.69. The monoisotopic (exact) mass is 403 g/mol.